The number of nitrogens with one attached hydrogen (secondary N) is 1. The van der Waals surface area contributed by atoms with Crippen molar-refractivity contribution in [2.75, 3.05) is 25.0 Å². The molecule has 0 heterocycles. The van der Waals surface area contributed by atoms with Crippen LogP contribution in [0.2, 0.25) is 0 Å². The van der Waals surface area contributed by atoms with Gasteiger partial charge in [0.15, 0.2) is 6.61 Å². The van der Waals surface area contributed by atoms with E-state index in [0.717, 1.165) is 0 Å². The Balaban J connectivity index is 2.49. The maximum atomic E-state index is 12.2. The van der Waals surface area contributed by atoms with Crippen LogP contribution in [-0.2, 0) is 19.1 Å². The zero-order valence-corrected chi connectivity index (χ0v) is 14.8. The SMILES string of the molecule is CCN(CC)C(=O)c1ccc(NC(=O)COC(=O)CCC(C)=O)cc1. The van der Waals surface area contributed by atoms with Gasteiger partial charge in [-0.2, -0.15) is 0 Å². The van der Waals surface area contributed by atoms with Gasteiger partial charge in [0.1, 0.15) is 5.78 Å². The molecular weight excluding hydrogens is 324 g/mol. The van der Waals surface area contributed by atoms with Gasteiger partial charge in [0.05, 0.1) is 6.42 Å². The summed E-state index contributed by atoms with van der Waals surface area (Å²) in [5, 5.41) is 2.58. The van der Waals surface area contributed by atoms with E-state index < -0.39 is 18.5 Å². The van der Waals surface area contributed by atoms with Crippen molar-refractivity contribution in [3.63, 3.8) is 0 Å². The van der Waals surface area contributed by atoms with Crippen LogP contribution in [-0.4, -0.2) is 48.2 Å². The number of ketones is 1. The third-order valence-electron chi connectivity index (χ3n) is 3.51. The summed E-state index contributed by atoms with van der Waals surface area (Å²) >= 11 is 0. The molecule has 0 aliphatic rings. The molecule has 0 radical (unpaired) electrons. The monoisotopic (exact) mass is 348 g/mol. The Bertz CT molecular complexity index is 621. The number of benzene rings is 1. The number of Topliss-reactive ketones (excluding diaryl/α,β-unsaturated/α-hetero) is 1. The number of nitrogens with zero attached hydrogens (tertiary/aromatic N) is 1. The molecule has 0 unspecified atom stereocenters. The molecule has 0 fully saturated rings. The van der Waals surface area contributed by atoms with Gasteiger partial charge >= 0.3 is 5.97 Å². The van der Waals surface area contributed by atoms with E-state index in [1.54, 1.807) is 29.2 Å². The normalized spacial score (nSPS) is 10.0. The van der Waals surface area contributed by atoms with Gasteiger partial charge in [0.25, 0.3) is 11.8 Å². The van der Waals surface area contributed by atoms with E-state index >= 15 is 0 Å². The molecule has 0 spiro atoms. The van der Waals surface area contributed by atoms with Gasteiger partial charge in [-0.25, -0.2) is 0 Å². The predicted molar refractivity (Wildman–Crippen MR) is 93.2 cm³/mol. The standard InChI is InChI=1S/C18H24N2O5/c1-4-20(5-2)18(24)14-7-9-15(10-8-14)19-16(22)12-25-17(23)11-6-13(3)21/h7-10H,4-6,11-12H2,1-3H3,(H,19,22). The highest BCUT2D eigenvalue weighted by atomic mass is 16.5. The molecule has 1 aromatic carbocycles. The molecule has 0 aliphatic carbocycles. The van der Waals surface area contributed by atoms with Crippen LogP contribution < -0.4 is 5.32 Å². The molecule has 0 aliphatic heterocycles. The summed E-state index contributed by atoms with van der Waals surface area (Å²) in [5.41, 5.74) is 1.04. The second-order valence-corrected chi connectivity index (χ2v) is 5.47. The fourth-order valence-corrected chi connectivity index (χ4v) is 2.08. The van der Waals surface area contributed by atoms with Crippen molar-refractivity contribution in [2.24, 2.45) is 0 Å². The first kappa shape index (κ1) is 20.3. The molecule has 0 bridgehead atoms. The lowest BCUT2D eigenvalue weighted by molar-refractivity contribution is -0.148. The van der Waals surface area contributed by atoms with Gasteiger partial charge in [-0.3, -0.25) is 14.4 Å². The first-order chi connectivity index (χ1) is 11.9. The number of anilines is 1. The van der Waals surface area contributed by atoms with Crippen LogP contribution in [0, 0.1) is 0 Å². The highest BCUT2D eigenvalue weighted by molar-refractivity contribution is 5.96. The van der Waals surface area contributed by atoms with Gasteiger partial charge in [0.2, 0.25) is 0 Å². The van der Waals surface area contributed by atoms with Crippen LogP contribution in [0.25, 0.3) is 0 Å². The first-order valence-corrected chi connectivity index (χ1v) is 8.21. The van der Waals surface area contributed by atoms with Crippen molar-refractivity contribution in [1.82, 2.24) is 4.90 Å². The van der Waals surface area contributed by atoms with E-state index in [1.807, 2.05) is 13.8 Å². The summed E-state index contributed by atoms with van der Waals surface area (Å²) in [7, 11) is 0. The fraction of sp³-hybridized carbons (Fsp3) is 0.444. The number of esters is 1. The van der Waals surface area contributed by atoms with Gasteiger partial charge < -0.3 is 19.7 Å². The van der Waals surface area contributed by atoms with Crippen LogP contribution in [0.4, 0.5) is 5.69 Å². The van der Waals surface area contributed by atoms with E-state index in [-0.39, 0.29) is 24.5 Å². The van der Waals surface area contributed by atoms with Gasteiger partial charge in [-0.05, 0) is 45.0 Å². The molecule has 7 heteroatoms. The maximum Gasteiger partial charge on any atom is 0.306 e. The number of ether oxygens (including phenoxy) is 1. The van der Waals surface area contributed by atoms with Gasteiger partial charge in [0, 0.05) is 30.8 Å². The Morgan fingerprint density at radius 3 is 2.12 bits per heavy atom. The van der Waals surface area contributed by atoms with Crippen LogP contribution in [0.5, 0.6) is 0 Å². The summed E-state index contributed by atoms with van der Waals surface area (Å²) in [4.78, 5) is 47.7. The summed E-state index contributed by atoms with van der Waals surface area (Å²) in [6.45, 7) is 6.04. The summed E-state index contributed by atoms with van der Waals surface area (Å²) in [6, 6.07) is 6.50. The van der Waals surface area contributed by atoms with E-state index in [2.05, 4.69) is 5.32 Å². The molecule has 0 saturated carbocycles. The van der Waals surface area contributed by atoms with Crippen LogP contribution in [0.3, 0.4) is 0 Å². The molecule has 136 valence electrons. The number of hydrogen-bond donors (Lipinski definition) is 1. The Morgan fingerprint density at radius 1 is 1.00 bits per heavy atom. The fourth-order valence-electron chi connectivity index (χ4n) is 2.08. The number of rotatable bonds is 9. The van der Waals surface area contributed by atoms with Crippen LogP contribution in [0.1, 0.15) is 44.0 Å². The number of carbonyl (C=O) groups is 4. The lowest BCUT2D eigenvalue weighted by Gasteiger charge is -2.18. The molecule has 1 rings (SSSR count). The van der Waals surface area contributed by atoms with Crippen molar-refractivity contribution in [2.45, 2.75) is 33.6 Å². The second-order valence-electron chi connectivity index (χ2n) is 5.47. The van der Waals surface area contributed by atoms with E-state index in [1.165, 1.54) is 6.92 Å². The molecule has 0 atom stereocenters. The largest absolute Gasteiger partial charge is 0.456 e. The molecule has 25 heavy (non-hydrogen) atoms. The van der Waals surface area contributed by atoms with Crippen LogP contribution >= 0.6 is 0 Å². The number of hydrogen-bond acceptors (Lipinski definition) is 5. The van der Waals surface area contributed by atoms with Crippen molar-refractivity contribution in [1.29, 1.82) is 0 Å². The molecule has 2 amide bonds. The highest BCUT2D eigenvalue weighted by Crippen LogP contribution is 2.11. The molecular formula is C18H24N2O5. The maximum absolute atomic E-state index is 12.2. The average molecular weight is 348 g/mol. The Morgan fingerprint density at radius 2 is 1.60 bits per heavy atom. The summed E-state index contributed by atoms with van der Waals surface area (Å²) in [5.74, 6) is -1.26. The summed E-state index contributed by atoms with van der Waals surface area (Å²) < 4.78 is 4.78. The molecule has 0 saturated heterocycles. The van der Waals surface area contributed by atoms with Crippen molar-refractivity contribution >= 4 is 29.3 Å². The quantitative estimate of drug-likeness (QED) is 0.689. The molecule has 1 aromatic rings. The van der Waals surface area contributed by atoms with Gasteiger partial charge in [-0.15, -0.1) is 0 Å². The minimum Gasteiger partial charge on any atom is -0.456 e. The Hall–Kier alpha value is -2.70. The van der Waals surface area contributed by atoms with Crippen molar-refractivity contribution in [3.05, 3.63) is 29.8 Å². The van der Waals surface area contributed by atoms with E-state index in [9.17, 15) is 19.2 Å². The lowest BCUT2D eigenvalue weighted by Crippen LogP contribution is -2.30. The Labute approximate surface area is 147 Å². The minimum atomic E-state index is -0.592. The number of carbonyl (C=O) groups excluding carboxylic acids is 4. The average Bonchev–Trinajstić information content (AvgIpc) is 2.59. The smallest absolute Gasteiger partial charge is 0.306 e. The topological polar surface area (TPSA) is 92.8 Å². The number of amides is 2. The molecule has 7 nitrogen and oxygen atoms in total. The van der Waals surface area contributed by atoms with Crippen molar-refractivity contribution in [3.8, 4) is 0 Å². The second kappa shape index (κ2) is 10.2. The predicted octanol–water partition coefficient (Wildman–Crippen LogP) is 2.02. The minimum absolute atomic E-state index is 0.0369. The van der Waals surface area contributed by atoms with Crippen molar-refractivity contribution < 1.29 is 23.9 Å². The highest BCUT2D eigenvalue weighted by Gasteiger charge is 2.13. The first-order valence-electron chi connectivity index (χ1n) is 8.21. The molecule has 0 aromatic heterocycles. The van der Waals surface area contributed by atoms with E-state index in [4.69, 9.17) is 4.74 Å². The zero-order chi connectivity index (χ0) is 18.8. The zero-order valence-electron chi connectivity index (χ0n) is 14.8. The Kier molecular flexibility index (Phi) is 8.32. The lowest BCUT2D eigenvalue weighted by atomic mass is 10.2. The van der Waals surface area contributed by atoms with Crippen LogP contribution in [0.15, 0.2) is 24.3 Å². The van der Waals surface area contributed by atoms with Gasteiger partial charge in [-0.1, -0.05) is 0 Å². The third kappa shape index (κ3) is 7.15. The third-order valence-corrected chi connectivity index (χ3v) is 3.51. The molecule has 1 N–H and O–H groups in total. The summed E-state index contributed by atoms with van der Waals surface area (Å²) in [6.07, 6.45) is 0.0628. The van der Waals surface area contributed by atoms with E-state index in [0.29, 0.717) is 24.3 Å².